The first-order valence-electron chi connectivity index (χ1n) is 7.79. The molecule has 3 rings (SSSR count). The number of nitrogens with one attached hydrogen (secondary N) is 2. The highest BCUT2D eigenvalue weighted by molar-refractivity contribution is 5.89. The van der Waals surface area contributed by atoms with Crippen molar-refractivity contribution in [1.82, 2.24) is 25.5 Å². The summed E-state index contributed by atoms with van der Waals surface area (Å²) < 4.78 is 12.0. The summed E-state index contributed by atoms with van der Waals surface area (Å²) in [6.45, 7) is 0.356. The smallest absolute Gasteiger partial charge is 0.319 e. The molecule has 0 spiro atoms. The molecular formula is C17H18N6O3. The van der Waals surface area contributed by atoms with Gasteiger partial charge in [-0.05, 0) is 52.4 Å². The molecule has 2 aromatic carbocycles. The quantitative estimate of drug-likeness (QED) is 0.702. The molecule has 0 fully saturated rings. The lowest BCUT2D eigenvalue weighted by Gasteiger charge is -2.11. The third-order valence-electron chi connectivity index (χ3n) is 3.64. The third kappa shape index (κ3) is 4.07. The van der Waals surface area contributed by atoms with Crippen LogP contribution < -0.4 is 20.1 Å². The Labute approximate surface area is 149 Å². The molecule has 0 aliphatic heterocycles. The Balaban J connectivity index is 1.56. The molecule has 0 unspecified atom stereocenters. The Kier molecular flexibility index (Phi) is 5.28. The molecule has 3 aromatic rings. The molecule has 1 heterocycles. The second-order valence-corrected chi connectivity index (χ2v) is 5.30. The molecule has 0 saturated carbocycles. The van der Waals surface area contributed by atoms with Gasteiger partial charge in [0.1, 0.15) is 6.33 Å². The number of rotatable bonds is 6. The number of hydrogen-bond acceptors (Lipinski definition) is 6. The number of methoxy groups -OCH3 is 2. The molecule has 0 saturated heterocycles. The van der Waals surface area contributed by atoms with Gasteiger partial charge in [0.2, 0.25) is 0 Å². The molecule has 2 amide bonds. The molecule has 0 bridgehead atoms. The number of ether oxygens (including phenoxy) is 2. The standard InChI is InChI=1S/C17H18N6O3/c1-25-15-8-3-12(9-16(15)26-2)10-18-17(24)20-13-4-6-14(7-5-13)23-11-19-21-22-23/h3-9,11H,10H2,1-2H3,(H2,18,20,24). The Hall–Kier alpha value is -3.62. The van der Waals surface area contributed by atoms with Crippen LogP contribution in [-0.4, -0.2) is 40.5 Å². The van der Waals surface area contributed by atoms with Crippen molar-refractivity contribution in [3.63, 3.8) is 0 Å². The third-order valence-corrected chi connectivity index (χ3v) is 3.64. The molecule has 0 aliphatic carbocycles. The van der Waals surface area contributed by atoms with Crippen LogP contribution in [0.3, 0.4) is 0 Å². The zero-order valence-corrected chi connectivity index (χ0v) is 14.3. The summed E-state index contributed by atoms with van der Waals surface area (Å²) in [5, 5.41) is 16.5. The van der Waals surface area contributed by atoms with E-state index in [0.29, 0.717) is 23.7 Å². The van der Waals surface area contributed by atoms with Gasteiger partial charge >= 0.3 is 6.03 Å². The van der Waals surface area contributed by atoms with Crippen molar-refractivity contribution < 1.29 is 14.3 Å². The fraction of sp³-hybridized carbons (Fsp3) is 0.176. The topological polar surface area (TPSA) is 103 Å². The van der Waals surface area contributed by atoms with Crippen LogP contribution in [0.15, 0.2) is 48.8 Å². The lowest BCUT2D eigenvalue weighted by molar-refractivity contribution is 0.251. The summed E-state index contributed by atoms with van der Waals surface area (Å²) in [6.07, 6.45) is 1.50. The minimum Gasteiger partial charge on any atom is -0.493 e. The van der Waals surface area contributed by atoms with Crippen molar-refractivity contribution in [1.29, 1.82) is 0 Å². The summed E-state index contributed by atoms with van der Waals surface area (Å²) in [7, 11) is 3.15. The number of urea groups is 1. The summed E-state index contributed by atoms with van der Waals surface area (Å²) in [4.78, 5) is 12.1. The predicted molar refractivity (Wildman–Crippen MR) is 94.6 cm³/mol. The van der Waals surface area contributed by atoms with Gasteiger partial charge in [-0.3, -0.25) is 0 Å². The number of carbonyl (C=O) groups excluding carboxylic acids is 1. The summed E-state index contributed by atoms with van der Waals surface area (Å²) in [5.74, 6) is 1.26. The number of nitrogens with zero attached hydrogens (tertiary/aromatic N) is 4. The lowest BCUT2D eigenvalue weighted by Crippen LogP contribution is -2.28. The van der Waals surface area contributed by atoms with Gasteiger partial charge in [0, 0.05) is 12.2 Å². The van der Waals surface area contributed by atoms with Crippen molar-refractivity contribution in [2.24, 2.45) is 0 Å². The fourth-order valence-corrected chi connectivity index (χ4v) is 2.33. The normalized spacial score (nSPS) is 10.2. The minimum absolute atomic E-state index is 0.310. The van der Waals surface area contributed by atoms with Crippen molar-refractivity contribution >= 4 is 11.7 Å². The van der Waals surface area contributed by atoms with Gasteiger partial charge in [-0.15, -0.1) is 5.10 Å². The Morgan fingerprint density at radius 1 is 1.08 bits per heavy atom. The number of benzene rings is 2. The molecule has 1 aromatic heterocycles. The molecule has 134 valence electrons. The van der Waals surface area contributed by atoms with Gasteiger partial charge in [-0.25, -0.2) is 9.48 Å². The van der Waals surface area contributed by atoms with Gasteiger partial charge in [-0.2, -0.15) is 0 Å². The first-order valence-corrected chi connectivity index (χ1v) is 7.79. The second-order valence-electron chi connectivity index (χ2n) is 5.30. The van der Waals surface area contributed by atoms with E-state index in [2.05, 4.69) is 26.2 Å². The first-order chi connectivity index (χ1) is 12.7. The molecular weight excluding hydrogens is 336 g/mol. The molecule has 0 aliphatic rings. The van der Waals surface area contributed by atoms with Crippen LogP contribution in [0.4, 0.5) is 10.5 Å². The first kappa shape index (κ1) is 17.2. The summed E-state index contributed by atoms with van der Waals surface area (Å²) in [6, 6.07) is 12.3. The van der Waals surface area contributed by atoms with Crippen molar-refractivity contribution in [3.05, 3.63) is 54.4 Å². The van der Waals surface area contributed by atoms with Crippen LogP contribution in [-0.2, 0) is 6.54 Å². The fourth-order valence-electron chi connectivity index (χ4n) is 2.33. The number of hydrogen-bond donors (Lipinski definition) is 2. The average molecular weight is 354 g/mol. The van der Waals surface area contributed by atoms with E-state index in [-0.39, 0.29) is 6.03 Å². The van der Waals surface area contributed by atoms with E-state index >= 15 is 0 Å². The number of aromatic nitrogens is 4. The van der Waals surface area contributed by atoms with Crippen LogP contribution in [0.2, 0.25) is 0 Å². The highest BCUT2D eigenvalue weighted by Gasteiger charge is 2.07. The molecule has 26 heavy (non-hydrogen) atoms. The van der Waals surface area contributed by atoms with Gasteiger partial charge in [0.25, 0.3) is 0 Å². The minimum atomic E-state index is -0.310. The van der Waals surface area contributed by atoms with Crippen LogP contribution in [0.25, 0.3) is 5.69 Å². The van der Waals surface area contributed by atoms with Crippen molar-refractivity contribution in [2.45, 2.75) is 6.54 Å². The van der Waals surface area contributed by atoms with Crippen LogP contribution in [0.5, 0.6) is 11.5 Å². The second kappa shape index (κ2) is 7.97. The molecule has 2 N–H and O–H groups in total. The predicted octanol–water partition coefficient (Wildman–Crippen LogP) is 2.00. The maximum atomic E-state index is 12.1. The number of amides is 2. The zero-order valence-electron chi connectivity index (χ0n) is 14.3. The van der Waals surface area contributed by atoms with Gasteiger partial charge in [-0.1, -0.05) is 6.07 Å². The molecule has 9 nitrogen and oxygen atoms in total. The van der Waals surface area contributed by atoms with E-state index in [0.717, 1.165) is 11.3 Å². The zero-order chi connectivity index (χ0) is 18.4. The summed E-state index contributed by atoms with van der Waals surface area (Å²) >= 11 is 0. The van der Waals surface area contributed by atoms with Crippen LogP contribution in [0, 0.1) is 0 Å². The maximum Gasteiger partial charge on any atom is 0.319 e. The van der Waals surface area contributed by atoms with Gasteiger partial charge in [0.05, 0.1) is 19.9 Å². The highest BCUT2D eigenvalue weighted by Crippen LogP contribution is 2.27. The summed E-state index contributed by atoms with van der Waals surface area (Å²) in [5.41, 5.74) is 2.35. The van der Waals surface area contributed by atoms with E-state index in [1.165, 1.54) is 11.0 Å². The largest absolute Gasteiger partial charge is 0.493 e. The van der Waals surface area contributed by atoms with Gasteiger partial charge in [0.15, 0.2) is 11.5 Å². The maximum absolute atomic E-state index is 12.1. The number of anilines is 1. The van der Waals surface area contributed by atoms with E-state index in [1.807, 2.05) is 12.1 Å². The Bertz CT molecular complexity index is 865. The number of tetrazole rings is 1. The van der Waals surface area contributed by atoms with Crippen molar-refractivity contribution in [2.75, 3.05) is 19.5 Å². The Morgan fingerprint density at radius 2 is 1.85 bits per heavy atom. The molecule has 9 heteroatoms. The number of carbonyl (C=O) groups is 1. The average Bonchev–Trinajstić information content (AvgIpc) is 3.21. The highest BCUT2D eigenvalue weighted by atomic mass is 16.5. The Morgan fingerprint density at radius 3 is 2.50 bits per heavy atom. The van der Waals surface area contributed by atoms with Crippen molar-refractivity contribution in [3.8, 4) is 17.2 Å². The van der Waals surface area contributed by atoms with Crippen LogP contribution in [0.1, 0.15) is 5.56 Å². The molecule has 0 atom stereocenters. The van der Waals surface area contributed by atoms with Crippen LogP contribution >= 0.6 is 0 Å². The van der Waals surface area contributed by atoms with E-state index < -0.39 is 0 Å². The van der Waals surface area contributed by atoms with E-state index in [4.69, 9.17) is 9.47 Å². The molecule has 0 radical (unpaired) electrons. The van der Waals surface area contributed by atoms with E-state index in [9.17, 15) is 4.79 Å². The van der Waals surface area contributed by atoms with Gasteiger partial charge < -0.3 is 20.1 Å². The lowest BCUT2D eigenvalue weighted by atomic mass is 10.2. The SMILES string of the molecule is COc1ccc(CNC(=O)Nc2ccc(-n3cnnn3)cc2)cc1OC. The van der Waals surface area contributed by atoms with E-state index in [1.54, 1.807) is 44.6 Å². The monoisotopic (exact) mass is 354 g/mol.